The van der Waals surface area contributed by atoms with Crippen LogP contribution in [0.15, 0.2) is 29.3 Å². The summed E-state index contributed by atoms with van der Waals surface area (Å²) in [6.07, 6.45) is 2.51. The first-order valence-corrected chi connectivity index (χ1v) is 8.89. The number of aliphatic imine (C=N–C) groups is 1. The molecule has 0 saturated heterocycles. The van der Waals surface area contributed by atoms with E-state index < -0.39 is 0 Å². The van der Waals surface area contributed by atoms with E-state index in [1.807, 2.05) is 17.0 Å². The van der Waals surface area contributed by atoms with Gasteiger partial charge in [0.1, 0.15) is 0 Å². The van der Waals surface area contributed by atoms with Crippen LogP contribution in [-0.4, -0.2) is 36.9 Å². The zero-order valence-corrected chi connectivity index (χ0v) is 17.9. The summed E-state index contributed by atoms with van der Waals surface area (Å²) in [4.78, 5) is 18.5. The van der Waals surface area contributed by atoms with Crippen LogP contribution in [-0.2, 0) is 17.9 Å². The molecule has 1 aliphatic rings. The monoisotopic (exact) mass is 458 g/mol. The molecular formula is C19H31IN4O. The van der Waals surface area contributed by atoms with E-state index in [1.165, 1.54) is 11.1 Å². The fourth-order valence-corrected chi connectivity index (χ4v) is 2.81. The number of rotatable bonds is 7. The van der Waals surface area contributed by atoms with Crippen molar-refractivity contribution in [1.82, 2.24) is 15.5 Å². The van der Waals surface area contributed by atoms with Crippen molar-refractivity contribution in [1.29, 1.82) is 0 Å². The number of amides is 1. The largest absolute Gasteiger partial charge is 0.356 e. The van der Waals surface area contributed by atoms with Gasteiger partial charge in [-0.15, -0.1) is 24.0 Å². The Balaban J connectivity index is 0.00000312. The summed E-state index contributed by atoms with van der Waals surface area (Å²) in [5.74, 6) is 1.73. The molecule has 140 valence electrons. The summed E-state index contributed by atoms with van der Waals surface area (Å²) < 4.78 is 0. The minimum atomic E-state index is 0. The van der Waals surface area contributed by atoms with Gasteiger partial charge in [0, 0.05) is 39.6 Å². The van der Waals surface area contributed by atoms with Crippen LogP contribution in [0.4, 0.5) is 0 Å². The Morgan fingerprint density at radius 1 is 1.16 bits per heavy atom. The lowest BCUT2D eigenvalue weighted by Gasteiger charge is -2.16. The number of nitrogens with zero attached hydrogens (tertiary/aromatic N) is 2. The Morgan fingerprint density at radius 3 is 2.32 bits per heavy atom. The molecule has 1 aromatic rings. The number of guanidine groups is 1. The van der Waals surface area contributed by atoms with Crippen LogP contribution < -0.4 is 10.6 Å². The average molecular weight is 458 g/mol. The van der Waals surface area contributed by atoms with Crippen LogP contribution in [0.25, 0.3) is 0 Å². The standard InChI is InChI=1S/C19H30N4O.HI/c1-15(2)10-12-22-19(20-3)21-11-6-9-18(24)23-13-16-7-4-5-8-17(16)14-23;/h4-5,7-8,15H,6,9-14H2,1-3H3,(H2,20,21,22);1H. The van der Waals surface area contributed by atoms with Gasteiger partial charge in [-0.3, -0.25) is 9.79 Å². The topological polar surface area (TPSA) is 56.7 Å². The molecule has 0 radical (unpaired) electrons. The Kier molecular flexibility index (Phi) is 9.85. The maximum Gasteiger partial charge on any atom is 0.223 e. The second-order valence-corrected chi connectivity index (χ2v) is 6.73. The molecule has 5 nitrogen and oxygen atoms in total. The summed E-state index contributed by atoms with van der Waals surface area (Å²) in [7, 11) is 1.78. The van der Waals surface area contributed by atoms with Crippen molar-refractivity contribution in [2.24, 2.45) is 10.9 Å². The van der Waals surface area contributed by atoms with Crippen LogP contribution >= 0.6 is 24.0 Å². The number of halogens is 1. The fourth-order valence-electron chi connectivity index (χ4n) is 2.81. The summed E-state index contributed by atoms with van der Waals surface area (Å²) in [6, 6.07) is 8.29. The second kappa shape index (κ2) is 11.3. The number of hydrogen-bond donors (Lipinski definition) is 2. The Morgan fingerprint density at radius 2 is 1.76 bits per heavy atom. The molecule has 0 fully saturated rings. The van der Waals surface area contributed by atoms with Gasteiger partial charge in [-0.2, -0.15) is 0 Å². The van der Waals surface area contributed by atoms with Crippen molar-refractivity contribution in [3.8, 4) is 0 Å². The van der Waals surface area contributed by atoms with E-state index in [-0.39, 0.29) is 29.9 Å². The van der Waals surface area contributed by atoms with Gasteiger partial charge in [-0.1, -0.05) is 38.1 Å². The summed E-state index contributed by atoms with van der Waals surface area (Å²) in [5.41, 5.74) is 2.55. The first kappa shape index (κ1) is 21.7. The lowest BCUT2D eigenvalue weighted by molar-refractivity contribution is -0.131. The maximum atomic E-state index is 12.3. The molecule has 0 spiro atoms. The van der Waals surface area contributed by atoms with E-state index in [0.29, 0.717) is 12.3 Å². The number of benzene rings is 1. The highest BCUT2D eigenvalue weighted by molar-refractivity contribution is 14.0. The van der Waals surface area contributed by atoms with E-state index in [9.17, 15) is 4.79 Å². The number of carbonyl (C=O) groups excluding carboxylic acids is 1. The average Bonchev–Trinajstić information content (AvgIpc) is 3.00. The zero-order valence-electron chi connectivity index (χ0n) is 15.5. The highest BCUT2D eigenvalue weighted by atomic mass is 127. The third-order valence-corrected chi connectivity index (χ3v) is 4.29. The number of fused-ring (bicyclic) bond motifs is 1. The minimum absolute atomic E-state index is 0. The lowest BCUT2D eigenvalue weighted by Crippen LogP contribution is -2.38. The maximum absolute atomic E-state index is 12.3. The number of nitrogens with one attached hydrogen (secondary N) is 2. The van der Waals surface area contributed by atoms with Crippen molar-refractivity contribution < 1.29 is 4.79 Å². The van der Waals surface area contributed by atoms with Crippen LogP contribution in [0.1, 0.15) is 44.2 Å². The molecule has 1 heterocycles. The van der Waals surface area contributed by atoms with Crippen molar-refractivity contribution in [3.63, 3.8) is 0 Å². The van der Waals surface area contributed by atoms with Crippen molar-refractivity contribution in [3.05, 3.63) is 35.4 Å². The van der Waals surface area contributed by atoms with E-state index in [0.717, 1.165) is 45.0 Å². The molecule has 25 heavy (non-hydrogen) atoms. The van der Waals surface area contributed by atoms with Gasteiger partial charge in [0.2, 0.25) is 5.91 Å². The molecule has 0 bridgehead atoms. The van der Waals surface area contributed by atoms with Crippen LogP contribution in [0, 0.1) is 5.92 Å². The van der Waals surface area contributed by atoms with Gasteiger partial charge in [-0.05, 0) is 29.9 Å². The van der Waals surface area contributed by atoms with Crippen LogP contribution in [0.3, 0.4) is 0 Å². The third-order valence-electron chi connectivity index (χ3n) is 4.29. The highest BCUT2D eigenvalue weighted by Gasteiger charge is 2.22. The van der Waals surface area contributed by atoms with Crippen molar-refractivity contribution in [2.45, 2.75) is 46.2 Å². The molecule has 0 saturated carbocycles. The van der Waals surface area contributed by atoms with E-state index in [2.05, 4.69) is 41.6 Å². The molecule has 1 amide bonds. The second-order valence-electron chi connectivity index (χ2n) is 6.73. The summed E-state index contributed by atoms with van der Waals surface area (Å²) in [5, 5.41) is 6.57. The first-order chi connectivity index (χ1) is 11.6. The Labute approximate surface area is 168 Å². The predicted octanol–water partition coefficient (Wildman–Crippen LogP) is 3.14. The van der Waals surface area contributed by atoms with Crippen LogP contribution in [0.2, 0.25) is 0 Å². The van der Waals surface area contributed by atoms with Gasteiger partial charge in [0.05, 0.1) is 0 Å². The Hall–Kier alpha value is -1.31. The molecule has 1 aliphatic heterocycles. The lowest BCUT2D eigenvalue weighted by atomic mass is 10.1. The molecule has 0 unspecified atom stereocenters. The Bertz CT molecular complexity index is 549. The molecular weight excluding hydrogens is 427 g/mol. The number of carbonyl (C=O) groups is 1. The zero-order chi connectivity index (χ0) is 17.4. The fraction of sp³-hybridized carbons (Fsp3) is 0.579. The van der Waals surface area contributed by atoms with E-state index in [4.69, 9.17) is 0 Å². The molecule has 0 atom stereocenters. The van der Waals surface area contributed by atoms with Gasteiger partial charge in [0.25, 0.3) is 0 Å². The molecule has 2 rings (SSSR count). The van der Waals surface area contributed by atoms with Crippen LogP contribution in [0.5, 0.6) is 0 Å². The smallest absolute Gasteiger partial charge is 0.223 e. The van der Waals surface area contributed by atoms with Gasteiger partial charge >= 0.3 is 0 Å². The molecule has 0 aromatic heterocycles. The normalized spacial score (nSPS) is 13.4. The molecule has 1 aromatic carbocycles. The van der Waals surface area contributed by atoms with E-state index in [1.54, 1.807) is 7.05 Å². The molecule has 6 heteroatoms. The first-order valence-electron chi connectivity index (χ1n) is 8.89. The number of hydrogen-bond acceptors (Lipinski definition) is 2. The summed E-state index contributed by atoms with van der Waals surface area (Å²) in [6.45, 7) is 7.60. The molecule has 2 N–H and O–H groups in total. The van der Waals surface area contributed by atoms with E-state index >= 15 is 0 Å². The predicted molar refractivity (Wildman–Crippen MR) is 114 cm³/mol. The van der Waals surface area contributed by atoms with Gasteiger partial charge < -0.3 is 15.5 Å². The van der Waals surface area contributed by atoms with Gasteiger partial charge in [0.15, 0.2) is 5.96 Å². The highest BCUT2D eigenvalue weighted by Crippen LogP contribution is 2.22. The SMILES string of the molecule is CN=C(NCCCC(=O)N1Cc2ccccc2C1)NCCC(C)C.I. The third kappa shape index (κ3) is 7.22. The molecule has 0 aliphatic carbocycles. The van der Waals surface area contributed by atoms with Crippen molar-refractivity contribution >= 4 is 35.8 Å². The van der Waals surface area contributed by atoms with Gasteiger partial charge in [-0.25, -0.2) is 0 Å². The quantitative estimate of drug-likeness (QED) is 0.286. The van der Waals surface area contributed by atoms with Crippen molar-refractivity contribution in [2.75, 3.05) is 20.1 Å². The summed E-state index contributed by atoms with van der Waals surface area (Å²) >= 11 is 0. The minimum Gasteiger partial charge on any atom is -0.356 e.